The molecule has 1 aromatic heterocycles. The molecule has 0 saturated carbocycles. The van der Waals surface area contributed by atoms with Gasteiger partial charge >= 0.3 is 12.2 Å². The van der Waals surface area contributed by atoms with Crippen LogP contribution in [0.5, 0.6) is 0 Å². The number of nitrogens with zero attached hydrogens (tertiary/aromatic N) is 3. The highest BCUT2D eigenvalue weighted by atomic mass is 16.5. The number of carboxylic acids is 1. The van der Waals surface area contributed by atoms with Crippen molar-refractivity contribution in [3.63, 3.8) is 0 Å². The lowest BCUT2D eigenvalue weighted by Gasteiger charge is -2.19. The first-order chi connectivity index (χ1) is 14.0. The maximum atomic E-state index is 12.6. The normalized spacial score (nSPS) is 12.4. The average Bonchev–Trinajstić information content (AvgIpc) is 3.11. The molecule has 150 valence electrons. The second kappa shape index (κ2) is 10.5. The molecule has 2 rings (SSSR count). The van der Waals surface area contributed by atoms with E-state index in [1.54, 1.807) is 12.3 Å². The number of nitrogens with one attached hydrogen (secondary N) is 2. The molecule has 0 spiro atoms. The number of H-pyrrole nitrogens is 1. The van der Waals surface area contributed by atoms with Gasteiger partial charge in [-0.2, -0.15) is 10.1 Å². The predicted octanol–water partition coefficient (Wildman–Crippen LogP) is 0.838. The summed E-state index contributed by atoms with van der Waals surface area (Å²) in [7, 11) is 0. The zero-order chi connectivity index (χ0) is 21.2. The quantitative estimate of drug-likeness (QED) is 0.288. The van der Waals surface area contributed by atoms with Crippen molar-refractivity contribution in [3.05, 3.63) is 41.6 Å². The Morgan fingerprint density at radius 3 is 2.83 bits per heavy atom. The molecule has 0 aliphatic rings. The molecule has 1 aromatic carbocycles. The summed E-state index contributed by atoms with van der Waals surface area (Å²) >= 11 is 0. The van der Waals surface area contributed by atoms with Crippen molar-refractivity contribution in [1.29, 1.82) is 5.26 Å². The van der Waals surface area contributed by atoms with E-state index in [1.807, 2.05) is 24.3 Å². The number of carbonyl (C=O) groups is 3. The van der Waals surface area contributed by atoms with Gasteiger partial charge in [0.25, 0.3) is 0 Å². The highest BCUT2D eigenvalue weighted by molar-refractivity contribution is 6.25. The number of amides is 1. The van der Waals surface area contributed by atoms with Gasteiger partial charge < -0.3 is 25.7 Å². The molecule has 2 aromatic rings. The van der Waals surface area contributed by atoms with Gasteiger partial charge in [-0.15, -0.1) is 0 Å². The van der Waals surface area contributed by atoms with Crippen LogP contribution in [0.25, 0.3) is 16.4 Å². The number of carboxylic acid groups (broad SMARTS) is 1. The van der Waals surface area contributed by atoms with E-state index < -0.39 is 29.8 Å². The molecular formula is C19H19N5O5. The van der Waals surface area contributed by atoms with E-state index in [9.17, 15) is 19.5 Å². The number of aromatic nitrogens is 1. The van der Waals surface area contributed by atoms with Gasteiger partial charge in [-0.3, -0.25) is 9.59 Å². The molecule has 10 nitrogen and oxygen atoms in total. The number of carbonyl (C=O) groups excluding carboxylic acids is 2. The van der Waals surface area contributed by atoms with Crippen LogP contribution < -0.4 is 5.32 Å². The summed E-state index contributed by atoms with van der Waals surface area (Å²) in [6.07, 6.45) is 1.00. The van der Waals surface area contributed by atoms with Gasteiger partial charge in [0.15, 0.2) is 0 Å². The lowest BCUT2D eigenvalue weighted by Crippen LogP contribution is -2.47. The number of aliphatic carboxylic acids is 1. The molecule has 0 radical (unpaired) electrons. The highest BCUT2D eigenvalue weighted by Crippen LogP contribution is 2.20. The van der Waals surface area contributed by atoms with Gasteiger partial charge in [0.2, 0.25) is 11.7 Å². The fourth-order valence-electron chi connectivity index (χ4n) is 2.80. The summed E-state index contributed by atoms with van der Waals surface area (Å²) < 4.78 is 5.32. The number of Topliss-reactive ketones (excluding diaryl/α,β-unsaturated/α-hetero) is 1. The van der Waals surface area contributed by atoms with Crippen molar-refractivity contribution in [2.75, 3.05) is 6.61 Å². The highest BCUT2D eigenvalue weighted by Gasteiger charge is 2.27. The summed E-state index contributed by atoms with van der Waals surface area (Å²) in [5, 5.41) is 21.3. The molecule has 1 heterocycles. The van der Waals surface area contributed by atoms with Crippen LogP contribution in [0.4, 0.5) is 0 Å². The summed E-state index contributed by atoms with van der Waals surface area (Å²) in [6.45, 7) is -0.344. The molecular weight excluding hydrogens is 378 g/mol. The monoisotopic (exact) mass is 397 g/mol. The van der Waals surface area contributed by atoms with Crippen LogP contribution >= 0.6 is 0 Å². The second-order valence-electron chi connectivity index (χ2n) is 6.17. The van der Waals surface area contributed by atoms with Crippen LogP contribution in [0.15, 0.2) is 30.5 Å². The molecule has 2 unspecified atom stereocenters. The maximum absolute atomic E-state index is 12.6. The number of rotatable bonds is 11. The van der Waals surface area contributed by atoms with E-state index in [1.165, 1.54) is 0 Å². The van der Waals surface area contributed by atoms with Gasteiger partial charge in [0.1, 0.15) is 18.8 Å². The van der Waals surface area contributed by atoms with Crippen molar-refractivity contribution < 1.29 is 29.0 Å². The van der Waals surface area contributed by atoms with Crippen molar-refractivity contribution in [2.45, 2.75) is 31.4 Å². The van der Waals surface area contributed by atoms with E-state index in [4.69, 9.17) is 15.5 Å². The minimum atomic E-state index is -1.34. The zero-order valence-corrected chi connectivity index (χ0v) is 15.4. The fourth-order valence-corrected chi connectivity index (χ4v) is 2.80. The first-order valence-electron chi connectivity index (χ1n) is 8.73. The Bertz CT molecular complexity index is 986. The number of hydrogen-bond acceptors (Lipinski definition) is 5. The molecule has 0 bridgehead atoms. The number of ketones is 1. The second-order valence-corrected chi connectivity index (χ2v) is 6.17. The maximum Gasteiger partial charge on any atom is 0.326 e. The van der Waals surface area contributed by atoms with Crippen LogP contribution in [0, 0.1) is 11.3 Å². The van der Waals surface area contributed by atoms with Gasteiger partial charge in [-0.25, -0.2) is 4.79 Å². The Labute approximate surface area is 165 Å². The molecule has 29 heavy (non-hydrogen) atoms. The van der Waals surface area contributed by atoms with E-state index in [2.05, 4.69) is 15.1 Å². The first kappa shape index (κ1) is 21.5. The van der Waals surface area contributed by atoms with Gasteiger partial charge in [-0.1, -0.05) is 18.2 Å². The number of para-hydroxylation sites is 1. The van der Waals surface area contributed by atoms with Crippen LogP contribution in [0.3, 0.4) is 0 Å². The fraction of sp³-hybridized carbons (Fsp3) is 0.316. The van der Waals surface area contributed by atoms with Crippen LogP contribution in [0.2, 0.25) is 0 Å². The van der Waals surface area contributed by atoms with E-state index in [0.29, 0.717) is 6.21 Å². The van der Waals surface area contributed by atoms with Gasteiger partial charge in [-0.05, 0) is 18.1 Å². The summed E-state index contributed by atoms with van der Waals surface area (Å²) in [5.41, 5.74) is 9.97. The third kappa shape index (κ3) is 6.10. The number of nitriles is 1. The Morgan fingerprint density at radius 2 is 2.14 bits per heavy atom. The summed E-state index contributed by atoms with van der Waals surface area (Å²) in [5.74, 6) is -2.61. The molecule has 0 saturated heterocycles. The topological polar surface area (TPSA) is 169 Å². The lowest BCUT2D eigenvalue weighted by molar-refractivity contribution is -0.144. The Hall–Kier alpha value is -3.80. The number of ether oxygens (including phenoxy) is 1. The molecule has 3 N–H and O–H groups in total. The number of fused-ring (bicyclic) bond motifs is 1. The predicted molar refractivity (Wildman–Crippen MR) is 101 cm³/mol. The van der Waals surface area contributed by atoms with Crippen LogP contribution in [0.1, 0.15) is 18.4 Å². The lowest BCUT2D eigenvalue weighted by atomic mass is 10.0. The molecule has 2 atom stereocenters. The standard InChI is InChI=1S/C19H19N5O5/c20-7-8-29-17(9-12-10-22-15-4-2-1-3-14(12)15)18(26)24-16(19(27)28)6-5-13(25)11-23-21/h1-4,10-11,16-17,22H,5-6,8-9H2,(H,24,26)(H,27,28). The van der Waals surface area contributed by atoms with E-state index in [0.717, 1.165) is 16.5 Å². The number of hydrogen-bond donors (Lipinski definition) is 3. The van der Waals surface area contributed by atoms with Gasteiger partial charge in [0.05, 0.1) is 6.07 Å². The van der Waals surface area contributed by atoms with Crippen molar-refractivity contribution in [2.24, 2.45) is 0 Å². The van der Waals surface area contributed by atoms with Crippen molar-refractivity contribution >= 4 is 34.8 Å². The minimum Gasteiger partial charge on any atom is -0.480 e. The minimum absolute atomic E-state index is 0.125. The SMILES string of the molecule is N#CCOC(Cc1c[nH]c2ccccc12)C(=O)NC(CCC(=O)C=[N+]=[N-])C(=O)O. The molecule has 10 heteroatoms. The first-order valence-corrected chi connectivity index (χ1v) is 8.73. The molecule has 0 fully saturated rings. The van der Waals surface area contributed by atoms with E-state index in [-0.39, 0.29) is 25.9 Å². The third-order valence-corrected chi connectivity index (χ3v) is 4.22. The Kier molecular flexibility index (Phi) is 7.79. The number of benzene rings is 1. The molecule has 0 aliphatic heterocycles. The summed E-state index contributed by atoms with van der Waals surface area (Å²) in [6, 6.07) is 7.90. The van der Waals surface area contributed by atoms with Crippen LogP contribution in [-0.2, 0) is 25.5 Å². The number of aromatic amines is 1. The largest absolute Gasteiger partial charge is 0.480 e. The summed E-state index contributed by atoms with van der Waals surface area (Å²) in [4.78, 5) is 41.1. The molecule has 0 aliphatic carbocycles. The van der Waals surface area contributed by atoms with Crippen LogP contribution in [-0.4, -0.2) is 57.5 Å². The van der Waals surface area contributed by atoms with Crippen molar-refractivity contribution in [3.8, 4) is 6.07 Å². The average molecular weight is 397 g/mol. The zero-order valence-electron chi connectivity index (χ0n) is 15.4. The van der Waals surface area contributed by atoms with E-state index >= 15 is 0 Å². The smallest absolute Gasteiger partial charge is 0.326 e. The van der Waals surface area contributed by atoms with Crippen molar-refractivity contribution in [1.82, 2.24) is 10.3 Å². The molecule has 1 amide bonds. The van der Waals surface area contributed by atoms with Gasteiger partial charge in [0, 0.05) is 29.9 Å². The Balaban J connectivity index is 2.12. The third-order valence-electron chi connectivity index (χ3n) is 4.22. The Morgan fingerprint density at radius 1 is 1.38 bits per heavy atom.